The SMILES string of the molecule is Cc1oc(=O)oc1COC(=O)C1=C(/C=C\c2csnn2)CS[C@H]2C(NC(=O)/C(=N\O)c3csc(N)n3)C(=O)N12. The lowest BCUT2D eigenvalue weighted by molar-refractivity contribution is -0.153. The second-order valence-corrected chi connectivity index (χ2v) is 10.5. The molecule has 202 valence electrons. The van der Waals surface area contributed by atoms with Crippen LogP contribution in [0.3, 0.4) is 0 Å². The van der Waals surface area contributed by atoms with Gasteiger partial charge in [-0.05, 0) is 30.1 Å². The predicted octanol–water partition coefficient (Wildman–Crippen LogP) is 0.721. The number of thiazole rings is 1. The summed E-state index contributed by atoms with van der Waals surface area (Å²) in [5.41, 5.74) is 6.21. The number of thioether (sulfide) groups is 1. The lowest BCUT2D eigenvalue weighted by atomic mass is 10.0. The lowest BCUT2D eigenvalue weighted by Gasteiger charge is -2.49. The van der Waals surface area contributed by atoms with Crippen molar-refractivity contribution in [2.24, 2.45) is 5.16 Å². The van der Waals surface area contributed by atoms with Crippen molar-refractivity contribution in [3.8, 4) is 0 Å². The van der Waals surface area contributed by atoms with Crippen molar-refractivity contribution in [3.63, 3.8) is 0 Å². The van der Waals surface area contributed by atoms with Gasteiger partial charge in [-0.2, -0.15) is 0 Å². The number of amides is 2. The van der Waals surface area contributed by atoms with Crippen LogP contribution in [0.5, 0.6) is 0 Å². The number of nitrogen functional groups attached to an aromatic ring is 1. The maximum absolute atomic E-state index is 13.2. The zero-order valence-electron chi connectivity index (χ0n) is 19.7. The van der Waals surface area contributed by atoms with E-state index in [0.717, 1.165) is 22.9 Å². The number of aryl methyl sites for hydroxylation is 1. The molecule has 1 unspecified atom stereocenters. The van der Waals surface area contributed by atoms with Crippen LogP contribution in [-0.4, -0.2) is 65.3 Å². The summed E-state index contributed by atoms with van der Waals surface area (Å²) in [7, 11) is 0. The first-order valence-corrected chi connectivity index (χ1v) is 13.7. The van der Waals surface area contributed by atoms with Crippen molar-refractivity contribution in [1.82, 2.24) is 24.8 Å². The van der Waals surface area contributed by atoms with Crippen LogP contribution in [0.1, 0.15) is 22.9 Å². The molecule has 0 aromatic carbocycles. The fraction of sp³-hybridized carbons (Fsp3) is 0.238. The number of esters is 1. The fourth-order valence-electron chi connectivity index (χ4n) is 3.72. The van der Waals surface area contributed by atoms with Gasteiger partial charge in [-0.15, -0.1) is 28.2 Å². The first-order valence-electron chi connectivity index (χ1n) is 10.9. The average Bonchev–Trinajstić information content (AvgIpc) is 3.66. The van der Waals surface area contributed by atoms with E-state index in [1.807, 2.05) is 0 Å². The minimum absolute atomic E-state index is 0.0277. The smallest absolute Gasteiger partial charge is 0.453 e. The fourth-order valence-corrected chi connectivity index (χ4v) is 6.00. The third-order valence-electron chi connectivity index (χ3n) is 5.56. The van der Waals surface area contributed by atoms with Gasteiger partial charge in [0.2, 0.25) is 0 Å². The Morgan fingerprint density at radius 3 is 2.79 bits per heavy atom. The van der Waals surface area contributed by atoms with Gasteiger partial charge in [0.05, 0.1) is 5.69 Å². The summed E-state index contributed by atoms with van der Waals surface area (Å²) in [5.74, 6) is -2.76. The van der Waals surface area contributed by atoms with Crippen molar-refractivity contribution in [3.05, 3.63) is 61.6 Å². The Morgan fingerprint density at radius 2 is 2.15 bits per heavy atom. The largest absolute Gasteiger partial charge is 0.519 e. The van der Waals surface area contributed by atoms with Crippen molar-refractivity contribution in [2.45, 2.75) is 24.9 Å². The summed E-state index contributed by atoms with van der Waals surface area (Å²) in [4.78, 5) is 55.7. The van der Waals surface area contributed by atoms with Crippen molar-refractivity contribution in [1.29, 1.82) is 0 Å². The van der Waals surface area contributed by atoms with Gasteiger partial charge in [0.1, 0.15) is 22.8 Å². The summed E-state index contributed by atoms with van der Waals surface area (Å²) in [6, 6.07) is -1.03. The van der Waals surface area contributed by atoms with E-state index in [1.165, 1.54) is 29.0 Å². The zero-order valence-corrected chi connectivity index (χ0v) is 22.2. The zero-order chi connectivity index (χ0) is 27.7. The monoisotopic (exact) mass is 591 g/mol. The molecule has 2 aliphatic heterocycles. The number of carbonyl (C=O) groups is 3. The molecule has 3 aromatic heterocycles. The molecule has 5 rings (SSSR count). The van der Waals surface area contributed by atoms with Gasteiger partial charge in [0.25, 0.3) is 11.8 Å². The standard InChI is InChI=1S/C21H17N7O8S3/c1-8-12(36-21(32)35-8)4-34-19(31)15-9(2-3-10-6-39-27-25-10)5-37-18-14(17(30)28(15)18)24-16(29)13(26-33)11-7-38-20(22)23-11/h2-3,6-7,14,18,33H,4-5H2,1H3,(H2,22,23)(H,24,29)/b3-2-,26-13-/t14?,18-/m0/s1. The van der Waals surface area contributed by atoms with E-state index >= 15 is 0 Å². The van der Waals surface area contributed by atoms with Crippen LogP contribution >= 0.6 is 34.6 Å². The molecule has 0 aliphatic carbocycles. The number of rotatable bonds is 8. The molecule has 15 nitrogen and oxygen atoms in total. The molecule has 1 fully saturated rings. The quantitative estimate of drug-likeness (QED) is 0.108. The highest BCUT2D eigenvalue weighted by molar-refractivity contribution is 8.00. The van der Waals surface area contributed by atoms with E-state index in [2.05, 4.69) is 25.0 Å². The van der Waals surface area contributed by atoms with Crippen molar-refractivity contribution in [2.75, 3.05) is 11.5 Å². The van der Waals surface area contributed by atoms with Crippen molar-refractivity contribution >= 4 is 69.3 Å². The van der Waals surface area contributed by atoms with E-state index in [0.29, 0.717) is 11.3 Å². The molecule has 2 amide bonds. The predicted molar refractivity (Wildman–Crippen MR) is 138 cm³/mol. The van der Waals surface area contributed by atoms with Crippen LogP contribution in [0.15, 0.2) is 46.9 Å². The number of carbonyl (C=O) groups excluding carboxylic acids is 3. The molecular weight excluding hydrogens is 574 g/mol. The Kier molecular flexibility index (Phi) is 7.31. The topological polar surface area (TPSA) is 216 Å². The molecular formula is C21H17N7O8S3. The summed E-state index contributed by atoms with van der Waals surface area (Å²) in [6.45, 7) is 1.08. The maximum Gasteiger partial charge on any atom is 0.519 e. The molecule has 0 spiro atoms. The van der Waals surface area contributed by atoms with Crippen LogP contribution in [-0.2, 0) is 25.7 Å². The normalized spacial score (nSPS) is 19.3. The number of oxime groups is 1. The van der Waals surface area contributed by atoms with Gasteiger partial charge in [-0.25, -0.2) is 14.6 Å². The number of hydrogen-bond donors (Lipinski definition) is 3. The van der Waals surface area contributed by atoms with E-state index in [9.17, 15) is 24.4 Å². The second-order valence-electron chi connectivity index (χ2n) is 7.93. The number of aromatic nitrogens is 3. The first kappa shape index (κ1) is 26.3. The van der Waals surface area contributed by atoms with Gasteiger partial charge in [-0.1, -0.05) is 15.7 Å². The Bertz CT molecular complexity index is 1590. The van der Waals surface area contributed by atoms with Gasteiger partial charge in [0, 0.05) is 16.5 Å². The third-order valence-corrected chi connectivity index (χ3v) is 8.06. The summed E-state index contributed by atoms with van der Waals surface area (Å²) < 4.78 is 18.8. The number of nitrogens with two attached hydrogens (primary N) is 1. The van der Waals surface area contributed by atoms with Crippen LogP contribution in [0.2, 0.25) is 0 Å². The van der Waals surface area contributed by atoms with Crippen LogP contribution < -0.4 is 16.9 Å². The molecule has 2 aliphatic rings. The summed E-state index contributed by atoms with van der Waals surface area (Å²) in [6.07, 6.45) is 3.27. The molecule has 0 bridgehead atoms. The minimum Gasteiger partial charge on any atom is -0.453 e. The number of ether oxygens (including phenoxy) is 1. The molecule has 39 heavy (non-hydrogen) atoms. The summed E-state index contributed by atoms with van der Waals surface area (Å²) >= 11 is 3.50. The minimum atomic E-state index is -1.03. The van der Waals surface area contributed by atoms with Gasteiger partial charge >= 0.3 is 11.8 Å². The number of allylic oxidation sites excluding steroid dienone is 1. The van der Waals surface area contributed by atoms with Crippen LogP contribution in [0.25, 0.3) is 6.08 Å². The molecule has 18 heteroatoms. The Balaban J connectivity index is 1.37. The number of nitrogens with one attached hydrogen (secondary N) is 1. The number of nitrogens with zero attached hydrogens (tertiary/aromatic N) is 5. The van der Waals surface area contributed by atoms with Crippen molar-refractivity contribution < 1.29 is 33.2 Å². The summed E-state index contributed by atoms with van der Waals surface area (Å²) in [5, 5.41) is 21.5. The van der Waals surface area contributed by atoms with Gasteiger partial charge < -0.3 is 29.8 Å². The number of β-lactam (4-membered cyclic amide) rings is 1. The third kappa shape index (κ3) is 5.20. The number of anilines is 1. The second kappa shape index (κ2) is 10.8. The molecule has 1 saturated heterocycles. The molecule has 3 aromatic rings. The highest BCUT2D eigenvalue weighted by Gasteiger charge is 2.54. The Morgan fingerprint density at radius 1 is 1.33 bits per heavy atom. The highest BCUT2D eigenvalue weighted by atomic mass is 32.2. The van der Waals surface area contributed by atoms with Gasteiger partial charge in [-0.3, -0.25) is 14.5 Å². The van der Waals surface area contributed by atoms with Crippen LogP contribution in [0, 0.1) is 6.92 Å². The molecule has 5 heterocycles. The average molecular weight is 592 g/mol. The highest BCUT2D eigenvalue weighted by Crippen LogP contribution is 2.41. The van der Waals surface area contributed by atoms with E-state index < -0.39 is 47.3 Å². The first-order chi connectivity index (χ1) is 18.8. The van der Waals surface area contributed by atoms with Gasteiger partial charge in [0.15, 0.2) is 29.0 Å². The molecule has 2 atom stereocenters. The Hall–Kier alpha value is -4.29. The number of hydrogen-bond acceptors (Lipinski definition) is 16. The molecule has 4 N–H and O–H groups in total. The van der Waals surface area contributed by atoms with Crippen LogP contribution in [0.4, 0.5) is 5.13 Å². The maximum atomic E-state index is 13.2. The molecule has 0 saturated carbocycles. The van der Waals surface area contributed by atoms with E-state index in [1.54, 1.807) is 17.5 Å². The van der Waals surface area contributed by atoms with E-state index in [4.69, 9.17) is 19.3 Å². The number of fused-ring (bicyclic) bond motifs is 1. The Labute approximate surface area is 230 Å². The lowest BCUT2D eigenvalue weighted by Crippen LogP contribution is -2.71. The van der Waals surface area contributed by atoms with E-state index in [-0.39, 0.29) is 33.8 Å². The molecule has 0 radical (unpaired) electrons.